The van der Waals surface area contributed by atoms with Gasteiger partial charge in [0, 0.05) is 37.6 Å². The van der Waals surface area contributed by atoms with Gasteiger partial charge in [-0.3, -0.25) is 4.98 Å². The van der Waals surface area contributed by atoms with E-state index >= 15 is 0 Å². The number of nitrogens with zero attached hydrogens (tertiary/aromatic N) is 3. The zero-order valence-electron chi connectivity index (χ0n) is 13.6. The van der Waals surface area contributed by atoms with E-state index in [0.29, 0.717) is 32.8 Å². The van der Waals surface area contributed by atoms with Crippen molar-refractivity contribution in [3.05, 3.63) is 29.6 Å². The van der Waals surface area contributed by atoms with Gasteiger partial charge in [0.1, 0.15) is 0 Å². The predicted octanol–water partition coefficient (Wildman–Crippen LogP) is 1.36. The Morgan fingerprint density at radius 1 is 1.30 bits per heavy atom. The molecule has 23 heavy (non-hydrogen) atoms. The maximum absolute atomic E-state index is 12.9. The highest BCUT2D eigenvalue weighted by Gasteiger charge is 2.38. The van der Waals surface area contributed by atoms with Crippen LogP contribution in [0.3, 0.4) is 0 Å². The second-order valence-corrected chi connectivity index (χ2v) is 8.15. The minimum absolute atomic E-state index is 0.108. The molecular formula is C16H25N3O3S. The molecule has 7 heteroatoms. The molecule has 0 radical (unpaired) electrons. The van der Waals surface area contributed by atoms with Gasteiger partial charge >= 0.3 is 0 Å². The Kier molecular flexibility index (Phi) is 5.31. The SMILES string of the molecule is Cc1cc(CC[C@@H]2CCCN2S(=O)(=O)N2CCOCC2)ccn1. The lowest BCUT2D eigenvalue weighted by molar-refractivity contribution is 0.0698. The van der Waals surface area contributed by atoms with Gasteiger partial charge in [-0.05, 0) is 50.3 Å². The molecule has 128 valence electrons. The second-order valence-electron chi connectivity index (χ2n) is 6.27. The fourth-order valence-electron chi connectivity index (χ4n) is 3.42. The van der Waals surface area contributed by atoms with Gasteiger partial charge in [0.25, 0.3) is 10.2 Å². The Balaban J connectivity index is 1.65. The third-order valence-electron chi connectivity index (χ3n) is 4.64. The molecule has 0 unspecified atom stereocenters. The van der Waals surface area contributed by atoms with Crippen molar-refractivity contribution in [2.75, 3.05) is 32.8 Å². The highest BCUT2D eigenvalue weighted by atomic mass is 32.2. The van der Waals surface area contributed by atoms with E-state index in [0.717, 1.165) is 31.4 Å². The van der Waals surface area contributed by atoms with Crippen LogP contribution >= 0.6 is 0 Å². The summed E-state index contributed by atoms with van der Waals surface area (Å²) in [5, 5.41) is 0. The first-order chi connectivity index (χ1) is 11.1. The summed E-state index contributed by atoms with van der Waals surface area (Å²) in [7, 11) is -3.35. The summed E-state index contributed by atoms with van der Waals surface area (Å²) in [5.74, 6) is 0. The van der Waals surface area contributed by atoms with Crippen LogP contribution in [-0.2, 0) is 21.4 Å². The van der Waals surface area contributed by atoms with Crippen molar-refractivity contribution in [2.24, 2.45) is 0 Å². The Morgan fingerprint density at radius 2 is 2.09 bits per heavy atom. The molecule has 1 aromatic rings. The number of morpholine rings is 1. The van der Waals surface area contributed by atoms with Crippen LogP contribution in [0.5, 0.6) is 0 Å². The Bertz CT molecular complexity index is 629. The third-order valence-corrected chi connectivity index (χ3v) is 6.73. The maximum Gasteiger partial charge on any atom is 0.282 e. The molecule has 0 amide bonds. The van der Waals surface area contributed by atoms with Gasteiger partial charge in [-0.1, -0.05) is 0 Å². The van der Waals surface area contributed by atoms with E-state index in [1.165, 1.54) is 5.56 Å². The van der Waals surface area contributed by atoms with Gasteiger partial charge in [-0.15, -0.1) is 0 Å². The molecule has 0 saturated carbocycles. The van der Waals surface area contributed by atoms with E-state index in [-0.39, 0.29) is 6.04 Å². The van der Waals surface area contributed by atoms with Gasteiger partial charge in [0.15, 0.2) is 0 Å². The molecule has 3 rings (SSSR count). The molecule has 2 fully saturated rings. The van der Waals surface area contributed by atoms with Gasteiger partial charge in [-0.2, -0.15) is 17.0 Å². The van der Waals surface area contributed by atoms with Gasteiger partial charge in [-0.25, -0.2) is 0 Å². The second kappa shape index (κ2) is 7.25. The average molecular weight is 339 g/mol. The number of hydrogen-bond donors (Lipinski definition) is 0. The summed E-state index contributed by atoms with van der Waals surface area (Å²) in [5.41, 5.74) is 2.24. The minimum atomic E-state index is -3.35. The maximum atomic E-state index is 12.9. The fraction of sp³-hybridized carbons (Fsp3) is 0.688. The summed E-state index contributed by atoms with van der Waals surface area (Å²) in [6, 6.07) is 4.20. The van der Waals surface area contributed by atoms with E-state index in [2.05, 4.69) is 11.1 Å². The molecule has 2 aliphatic rings. The van der Waals surface area contributed by atoms with E-state index in [1.807, 2.05) is 19.2 Å². The van der Waals surface area contributed by atoms with E-state index in [4.69, 9.17) is 4.74 Å². The molecule has 0 aliphatic carbocycles. The van der Waals surface area contributed by atoms with Crippen LogP contribution in [0.2, 0.25) is 0 Å². The monoisotopic (exact) mass is 339 g/mol. The van der Waals surface area contributed by atoms with Crippen molar-refractivity contribution in [2.45, 2.75) is 38.6 Å². The molecule has 2 saturated heterocycles. The lowest BCUT2D eigenvalue weighted by Gasteiger charge is -2.33. The molecule has 0 N–H and O–H groups in total. The Hall–Kier alpha value is -1.02. The topological polar surface area (TPSA) is 62.7 Å². The van der Waals surface area contributed by atoms with Crippen molar-refractivity contribution in [1.82, 2.24) is 13.6 Å². The summed E-state index contributed by atoms with van der Waals surface area (Å²) in [6.07, 6.45) is 5.48. The standard InChI is InChI=1S/C16H25N3O3S/c1-14-13-15(6-7-17-14)4-5-16-3-2-8-19(16)23(20,21)18-9-11-22-12-10-18/h6-7,13,16H,2-5,8-12H2,1H3/t16-/m0/s1. The van der Waals surface area contributed by atoms with Crippen LogP contribution in [0.25, 0.3) is 0 Å². The van der Waals surface area contributed by atoms with Crippen molar-refractivity contribution in [1.29, 1.82) is 0 Å². The largest absolute Gasteiger partial charge is 0.379 e. The summed E-state index contributed by atoms with van der Waals surface area (Å²) < 4.78 is 34.3. The van der Waals surface area contributed by atoms with Crippen LogP contribution in [0.1, 0.15) is 30.5 Å². The molecule has 0 bridgehead atoms. The first-order valence-corrected chi connectivity index (χ1v) is 9.73. The molecule has 1 atom stereocenters. The summed E-state index contributed by atoms with van der Waals surface area (Å²) in [6.45, 7) is 4.54. The number of aromatic nitrogens is 1. The quantitative estimate of drug-likeness (QED) is 0.813. The fourth-order valence-corrected chi connectivity index (χ4v) is 5.27. The zero-order valence-corrected chi connectivity index (χ0v) is 14.5. The smallest absolute Gasteiger partial charge is 0.282 e. The minimum Gasteiger partial charge on any atom is -0.379 e. The van der Waals surface area contributed by atoms with Gasteiger partial charge < -0.3 is 4.74 Å². The number of ether oxygens (including phenoxy) is 1. The Morgan fingerprint density at radius 3 is 2.83 bits per heavy atom. The van der Waals surface area contributed by atoms with Crippen LogP contribution < -0.4 is 0 Å². The first-order valence-electron chi connectivity index (χ1n) is 8.33. The van der Waals surface area contributed by atoms with Crippen LogP contribution in [-0.4, -0.2) is 60.9 Å². The molecule has 6 nitrogen and oxygen atoms in total. The van der Waals surface area contributed by atoms with E-state index in [9.17, 15) is 8.42 Å². The van der Waals surface area contributed by atoms with Gasteiger partial charge in [0.2, 0.25) is 0 Å². The Labute approximate surface area is 138 Å². The van der Waals surface area contributed by atoms with Crippen molar-refractivity contribution in [3.8, 4) is 0 Å². The van der Waals surface area contributed by atoms with Gasteiger partial charge in [0.05, 0.1) is 13.2 Å². The normalized spacial score (nSPS) is 24.1. The number of hydrogen-bond acceptors (Lipinski definition) is 4. The highest BCUT2D eigenvalue weighted by Crippen LogP contribution is 2.27. The number of aryl methyl sites for hydroxylation is 2. The predicted molar refractivity (Wildman–Crippen MR) is 88.3 cm³/mol. The lowest BCUT2D eigenvalue weighted by atomic mass is 10.0. The van der Waals surface area contributed by atoms with E-state index in [1.54, 1.807) is 8.61 Å². The summed E-state index contributed by atoms with van der Waals surface area (Å²) >= 11 is 0. The lowest BCUT2D eigenvalue weighted by Crippen LogP contribution is -2.50. The van der Waals surface area contributed by atoms with Crippen LogP contribution in [0.4, 0.5) is 0 Å². The molecule has 0 aromatic carbocycles. The van der Waals surface area contributed by atoms with Crippen molar-refractivity contribution < 1.29 is 13.2 Å². The molecule has 3 heterocycles. The van der Waals surface area contributed by atoms with E-state index < -0.39 is 10.2 Å². The molecule has 1 aromatic heterocycles. The number of rotatable bonds is 5. The summed E-state index contributed by atoms with van der Waals surface area (Å²) in [4.78, 5) is 4.21. The average Bonchev–Trinajstić information content (AvgIpc) is 3.03. The molecule has 2 aliphatic heterocycles. The zero-order chi connectivity index (χ0) is 16.3. The highest BCUT2D eigenvalue weighted by molar-refractivity contribution is 7.86. The first kappa shape index (κ1) is 16.8. The van der Waals surface area contributed by atoms with Crippen LogP contribution in [0.15, 0.2) is 18.3 Å². The number of pyridine rings is 1. The molecular weight excluding hydrogens is 314 g/mol. The van der Waals surface area contributed by atoms with Crippen molar-refractivity contribution >= 4 is 10.2 Å². The molecule has 0 spiro atoms. The van der Waals surface area contributed by atoms with Crippen LogP contribution in [0, 0.1) is 6.92 Å². The van der Waals surface area contributed by atoms with Crippen molar-refractivity contribution in [3.63, 3.8) is 0 Å². The third kappa shape index (κ3) is 3.91.